The Morgan fingerprint density at radius 1 is 1.28 bits per heavy atom. The van der Waals surface area contributed by atoms with Crippen LogP contribution in [0.25, 0.3) is 11.3 Å². The Hall–Kier alpha value is -1.31. The van der Waals surface area contributed by atoms with E-state index in [2.05, 4.69) is 25.9 Å². The predicted octanol–water partition coefficient (Wildman–Crippen LogP) is 6.05. The summed E-state index contributed by atoms with van der Waals surface area (Å²) in [6, 6.07) is 7.88. The molecule has 0 amide bonds. The molecule has 1 aliphatic carbocycles. The van der Waals surface area contributed by atoms with Crippen molar-refractivity contribution >= 4 is 61.4 Å². The van der Waals surface area contributed by atoms with Gasteiger partial charge in [0.05, 0.1) is 11.3 Å². The molecule has 0 spiro atoms. The maximum Gasteiger partial charge on any atom is 0.209 e. The van der Waals surface area contributed by atoms with Gasteiger partial charge >= 0.3 is 0 Å². The Morgan fingerprint density at radius 3 is 2.60 bits per heavy atom. The van der Waals surface area contributed by atoms with Gasteiger partial charge in [-0.2, -0.15) is 0 Å². The van der Waals surface area contributed by atoms with Crippen molar-refractivity contribution in [3.05, 3.63) is 45.5 Å². The van der Waals surface area contributed by atoms with Crippen molar-refractivity contribution in [3.8, 4) is 11.3 Å². The maximum atomic E-state index is 12.2. The highest BCUT2D eigenvalue weighted by molar-refractivity contribution is 9.10. The van der Waals surface area contributed by atoms with Crippen LogP contribution in [0.5, 0.6) is 0 Å². The van der Waals surface area contributed by atoms with Crippen molar-refractivity contribution < 1.29 is 9.90 Å². The van der Waals surface area contributed by atoms with E-state index in [4.69, 9.17) is 0 Å². The number of aliphatic hydroxyl groups is 1. The Balaban J connectivity index is 0.00000225. The van der Waals surface area contributed by atoms with Crippen LogP contribution in [0.15, 0.2) is 50.4 Å². The number of hydrogen-bond acceptors (Lipinski definition) is 5. The van der Waals surface area contributed by atoms with Crippen LogP contribution < -0.4 is 0 Å². The normalized spacial score (nSPS) is 17.0. The molecular formula is C18H18Br2N2O2S. The Labute approximate surface area is 169 Å². The Morgan fingerprint density at radius 2 is 1.96 bits per heavy atom. The summed E-state index contributed by atoms with van der Waals surface area (Å²) < 4.78 is 1.01. The molecule has 1 heterocycles. The van der Waals surface area contributed by atoms with Crippen molar-refractivity contribution in [1.82, 2.24) is 4.98 Å². The van der Waals surface area contributed by atoms with Crippen molar-refractivity contribution in [2.45, 2.75) is 26.7 Å². The fraction of sp³-hybridized carbons (Fsp3) is 0.278. The van der Waals surface area contributed by atoms with Gasteiger partial charge in [0.25, 0.3) is 0 Å². The number of hydrogen-bond donors (Lipinski definition) is 1. The van der Waals surface area contributed by atoms with Gasteiger partial charge in [0.2, 0.25) is 5.13 Å². The Bertz CT molecular complexity index is 839. The third kappa shape index (κ3) is 4.86. The van der Waals surface area contributed by atoms with E-state index >= 15 is 0 Å². The number of carbonyl (C=O) groups is 1. The number of halogens is 2. The molecular weight excluding hydrogens is 468 g/mol. The van der Waals surface area contributed by atoms with Gasteiger partial charge in [-0.25, -0.2) is 9.98 Å². The molecule has 25 heavy (non-hydrogen) atoms. The summed E-state index contributed by atoms with van der Waals surface area (Å²) >= 11 is 4.81. The third-order valence-corrected chi connectivity index (χ3v) is 5.11. The van der Waals surface area contributed by atoms with Crippen molar-refractivity contribution in [3.63, 3.8) is 0 Å². The van der Waals surface area contributed by atoms with Crippen molar-refractivity contribution in [2.24, 2.45) is 10.4 Å². The van der Waals surface area contributed by atoms with Crippen LogP contribution in [0, 0.1) is 5.41 Å². The highest BCUT2D eigenvalue weighted by Gasteiger charge is 2.32. The number of rotatable bonds is 3. The lowest BCUT2D eigenvalue weighted by atomic mass is 9.77. The summed E-state index contributed by atoms with van der Waals surface area (Å²) in [6.45, 7) is 3.95. The van der Waals surface area contributed by atoms with E-state index in [0.717, 1.165) is 15.7 Å². The molecule has 0 radical (unpaired) electrons. The minimum absolute atomic E-state index is 0. The van der Waals surface area contributed by atoms with Crippen LogP contribution in [-0.4, -0.2) is 22.1 Å². The number of thiazole rings is 1. The predicted molar refractivity (Wildman–Crippen MR) is 111 cm³/mol. The topological polar surface area (TPSA) is 62.5 Å². The maximum absolute atomic E-state index is 12.2. The number of allylic oxidation sites excluding steroid dienone is 2. The van der Waals surface area contributed by atoms with Gasteiger partial charge in [-0.15, -0.1) is 28.3 Å². The SMILES string of the molecule is Br.CC1(C)CC(=O)C(C=Nc2nc(-c3ccc(Br)cc3)cs2)=C(O)C1. The lowest BCUT2D eigenvalue weighted by molar-refractivity contribution is -0.117. The zero-order chi connectivity index (χ0) is 17.3. The zero-order valence-electron chi connectivity index (χ0n) is 13.8. The van der Waals surface area contributed by atoms with Gasteiger partial charge in [-0.3, -0.25) is 4.79 Å². The summed E-state index contributed by atoms with van der Waals surface area (Å²) in [5.41, 5.74) is 1.95. The van der Waals surface area contributed by atoms with Crippen molar-refractivity contribution in [1.29, 1.82) is 0 Å². The van der Waals surface area contributed by atoms with Crippen LogP contribution in [0.2, 0.25) is 0 Å². The molecule has 0 bridgehead atoms. The van der Waals surface area contributed by atoms with Crippen molar-refractivity contribution in [2.75, 3.05) is 0 Å². The first-order chi connectivity index (χ1) is 11.3. The number of carbonyl (C=O) groups excluding carboxylic acids is 1. The van der Waals surface area contributed by atoms with Gasteiger partial charge in [-0.05, 0) is 17.5 Å². The molecule has 4 nitrogen and oxygen atoms in total. The van der Waals surface area contributed by atoms with E-state index in [1.54, 1.807) is 0 Å². The van der Waals surface area contributed by atoms with E-state index < -0.39 is 0 Å². The fourth-order valence-corrected chi connectivity index (χ4v) is 3.58. The van der Waals surface area contributed by atoms with Gasteiger partial charge in [0, 0.05) is 34.5 Å². The largest absolute Gasteiger partial charge is 0.511 e. The summed E-state index contributed by atoms with van der Waals surface area (Å²) in [7, 11) is 0. The third-order valence-electron chi connectivity index (χ3n) is 3.83. The molecule has 1 aliphatic rings. The zero-order valence-corrected chi connectivity index (χ0v) is 17.9. The first-order valence-electron chi connectivity index (χ1n) is 7.55. The highest BCUT2D eigenvalue weighted by Crippen LogP contribution is 2.35. The second-order valence-electron chi connectivity index (χ2n) is 6.58. The molecule has 0 atom stereocenters. The van der Waals surface area contributed by atoms with Gasteiger partial charge in [0.15, 0.2) is 5.78 Å². The first kappa shape index (κ1) is 20.0. The summed E-state index contributed by atoms with van der Waals surface area (Å²) in [5.74, 6) is 0.0434. The highest BCUT2D eigenvalue weighted by atomic mass is 79.9. The van der Waals surface area contributed by atoms with E-state index in [1.807, 2.05) is 43.5 Å². The smallest absolute Gasteiger partial charge is 0.209 e. The number of ketones is 1. The van der Waals surface area contributed by atoms with Crippen LogP contribution in [0.4, 0.5) is 5.13 Å². The standard InChI is InChI=1S/C18H17BrN2O2S.BrH/c1-18(2)7-15(22)13(16(23)8-18)9-20-17-21-14(10-24-17)11-3-5-12(19)6-4-11;/h3-6,9-10,22H,7-8H2,1-2H3;1H. The van der Waals surface area contributed by atoms with E-state index in [0.29, 0.717) is 23.5 Å². The van der Waals surface area contributed by atoms with E-state index in [-0.39, 0.29) is 33.9 Å². The van der Waals surface area contributed by atoms with Crippen LogP contribution in [0.3, 0.4) is 0 Å². The molecule has 132 valence electrons. The second kappa shape index (κ2) is 7.93. The first-order valence-corrected chi connectivity index (χ1v) is 9.22. The fourth-order valence-electron chi connectivity index (χ4n) is 2.64. The number of aromatic nitrogens is 1. The molecule has 0 fully saturated rings. The van der Waals surface area contributed by atoms with Crippen LogP contribution >= 0.6 is 44.2 Å². The summed E-state index contributed by atoms with van der Waals surface area (Å²) in [4.78, 5) is 20.9. The lowest BCUT2D eigenvalue weighted by Gasteiger charge is -2.28. The van der Waals surface area contributed by atoms with Crippen LogP contribution in [-0.2, 0) is 4.79 Å². The molecule has 7 heteroatoms. The second-order valence-corrected chi connectivity index (χ2v) is 8.33. The average Bonchev–Trinajstić information content (AvgIpc) is 2.95. The lowest BCUT2D eigenvalue weighted by Crippen LogP contribution is -2.26. The average molecular weight is 486 g/mol. The molecule has 1 aromatic heterocycles. The minimum atomic E-state index is -0.200. The Kier molecular flexibility index (Phi) is 6.35. The number of nitrogens with zero attached hydrogens (tertiary/aromatic N) is 2. The number of benzene rings is 1. The monoisotopic (exact) mass is 484 g/mol. The van der Waals surface area contributed by atoms with Gasteiger partial charge < -0.3 is 5.11 Å². The quantitative estimate of drug-likeness (QED) is 0.538. The molecule has 2 aromatic rings. The van der Waals surface area contributed by atoms with Crippen LogP contribution in [0.1, 0.15) is 26.7 Å². The molecule has 0 saturated heterocycles. The van der Waals surface area contributed by atoms with Gasteiger partial charge in [-0.1, -0.05) is 41.9 Å². The molecule has 3 rings (SSSR count). The minimum Gasteiger partial charge on any atom is -0.511 e. The number of Topliss-reactive ketones (excluding diaryl/α,β-unsaturated/α-hetero) is 1. The summed E-state index contributed by atoms with van der Waals surface area (Å²) in [5, 5.41) is 12.6. The van der Waals surface area contributed by atoms with E-state index in [9.17, 15) is 9.90 Å². The molecule has 0 unspecified atom stereocenters. The van der Waals surface area contributed by atoms with E-state index in [1.165, 1.54) is 17.6 Å². The molecule has 0 saturated carbocycles. The van der Waals surface area contributed by atoms with Gasteiger partial charge in [0.1, 0.15) is 5.76 Å². The summed E-state index contributed by atoms with van der Waals surface area (Å²) in [6.07, 6.45) is 2.35. The molecule has 0 aliphatic heterocycles. The number of aliphatic imine (C=N–C) groups is 1. The number of aliphatic hydroxyl groups excluding tert-OH is 1. The molecule has 1 N–H and O–H groups in total. The molecule has 1 aromatic carbocycles.